The summed E-state index contributed by atoms with van der Waals surface area (Å²) in [4.78, 5) is 13.9. The van der Waals surface area contributed by atoms with E-state index in [9.17, 15) is 4.79 Å². The number of nitrogens with zero attached hydrogens (tertiary/aromatic N) is 2. The van der Waals surface area contributed by atoms with E-state index in [0.29, 0.717) is 18.7 Å². The maximum absolute atomic E-state index is 12.3. The summed E-state index contributed by atoms with van der Waals surface area (Å²) < 4.78 is 5.54. The standard InChI is InChI=1S/C20H20N2O2/c1-3-24-19-10-5-4-9-18(19)11-12-20(23)22(2)15-17-8-6-7-16(13-17)14-21/h4-13H,3,15H2,1-2H3. The summed E-state index contributed by atoms with van der Waals surface area (Å²) in [5.41, 5.74) is 2.38. The molecule has 0 radical (unpaired) electrons. The van der Waals surface area contributed by atoms with Gasteiger partial charge in [0, 0.05) is 25.2 Å². The molecule has 0 fully saturated rings. The fourth-order valence-electron chi connectivity index (χ4n) is 2.28. The molecule has 0 saturated heterocycles. The zero-order valence-corrected chi connectivity index (χ0v) is 13.9. The van der Waals surface area contributed by atoms with Gasteiger partial charge in [-0.3, -0.25) is 4.79 Å². The second-order valence-electron chi connectivity index (χ2n) is 5.31. The van der Waals surface area contributed by atoms with Crippen molar-refractivity contribution in [3.05, 3.63) is 71.3 Å². The lowest BCUT2D eigenvalue weighted by atomic mass is 10.1. The fourth-order valence-corrected chi connectivity index (χ4v) is 2.28. The number of carbonyl (C=O) groups is 1. The van der Waals surface area contributed by atoms with Crippen molar-refractivity contribution in [1.29, 1.82) is 5.26 Å². The summed E-state index contributed by atoms with van der Waals surface area (Å²) in [5.74, 6) is 0.650. The quantitative estimate of drug-likeness (QED) is 0.764. The predicted molar refractivity (Wildman–Crippen MR) is 94.3 cm³/mol. The maximum atomic E-state index is 12.3. The monoisotopic (exact) mass is 320 g/mol. The number of ether oxygens (including phenoxy) is 1. The molecule has 2 rings (SSSR count). The van der Waals surface area contributed by atoms with Crippen LogP contribution in [0, 0.1) is 11.3 Å². The van der Waals surface area contributed by atoms with Crippen molar-refractivity contribution in [3.63, 3.8) is 0 Å². The van der Waals surface area contributed by atoms with Crippen molar-refractivity contribution in [2.75, 3.05) is 13.7 Å². The molecule has 2 aromatic rings. The molecular formula is C20H20N2O2. The van der Waals surface area contributed by atoms with E-state index < -0.39 is 0 Å². The van der Waals surface area contributed by atoms with Gasteiger partial charge in [0.15, 0.2) is 0 Å². The van der Waals surface area contributed by atoms with Crippen molar-refractivity contribution >= 4 is 12.0 Å². The molecule has 122 valence electrons. The Balaban J connectivity index is 2.05. The van der Waals surface area contributed by atoms with Crippen LogP contribution >= 0.6 is 0 Å². The third-order valence-electron chi connectivity index (χ3n) is 3.48. The Labute approximate surface area is 142 Å². The SMILES string of the molecule is CCOc1ccccc1C=CC(=O)N(C)Cc1cccc(C#N)c1. The molecular weight excluding hydrogens is 300 g/mol. The van der Waals surface area contributed by atoms with Crippen LogP contribution in [0.15, 0.2) is 54.6 Å². The van der Waals surface area contributed by atoms with Gasteiger partial charge in [0.05, 0.1) is 18.2 Å². The molecule has 4 nitrogen and oxygen atoms in total. The highest BCUT2D eigenvalue weighted by Gasteiger charge is 2.07. The summed E-state index contributed by atoms with van der Waals surface area (Å²) >= 11 is 0. The third kappa shape index (κ3) is 4.72. The average Bonchev–Trinajstić information content (AvgIpc) is 2.61. The summed E-state index contributed by atoms with van der Waals surface area (Å²) in [5, 5.41) is 8.93. The van der Waals surface area contributed by atoms with Gasteiger partial charge in [0.1, 0.15) is 5.75 Å². The number of para-hydroxylation sites is 1. The van der Waals surface area contributed by atoms with Crippen molar-refractivity contribution < 1.29 is 9.53 Å². The lowest BCUT2D eigenvalue weighted by molar-refractivity contribution is -0.125. The Morgan fingerprint density at radius 2 is 2.04 bits per heavy atom. The minimum absolute atomic E-state index is 0.108. The number of hydrogen-bond acceptors (Lipinski definition) is 3. The van der Waals surface area contributed by atoms with Gasteiger partial charge in [0.2, 0.25) is 5.91 Å². The van der Waals surface area contributed by atoms with Crippen molar-refractivity contribution in [2.45, 2.75) is 13.5 Å². The van der Waals surface area contributed by atoms with Crippen LogP contribution in [0.5, 0.6) is 5.75 Å². The molecule has 0 aromatic heterocycles. The Kier molecular flexibility index (Phi) is 6.16. The van der Waals surface area contributed by atoms with E-state index in [0.717, 1.165) is 16.9 Å². The van der Waals surface area contributed by atoms with Gasteiger partial charge < -0.3 is 9.64 Å². The molecule has 2 aromatic carbocycles. The lowest BCUT2D eigenvalue weighted by Gasteiger charge is -2.15. The van der Waals surface area contributed by atoms with Gasteiger partial charge >= 0.3 is 0 Å². The Bertz CT molecular complexity index is 775. The van der Waals surface area contributed by atoms with Crippen molar-refractivity contribution in [3.8, 4) is 11.8 Å². The number of benzene rings is 2. The zero-order valence-electron chi connectivity index (χ0n) is 13.9. The van der Waals surface area contributed by atoms with Crippen LogP contribution in [0.2, 0.25) is 0 Å². The van der Waals surface area contributed by atoms with Gasteiger partial charge in [-0.05, 0) is 36.8 Å². The lowest BCUT2D eigenvalue weighted by Crippen LogP contribution is -2.24. The van der Waals surface area contributed by atoms with Crippen molar-refractivity contribution in [2.24, 2.45) is 0 Å². The van der Waals surface area contributed by atoms with Gasteiger partial charge in [-0.15, -0.1) is 0 Å². The van der Waals surface area contributed by atoms with Crippen LogP contribution in [-0.4, -0.2) is 24.5 Å². The molecule has 0 aliphatic rings. The zero-order chi connectivity index (χ0) is 17.4. The average molecular weight is 320 g/mol. The molecule has 0 spiro atoms. The highest BCUT2D eigenvalue weighted by atomic mass is 16.5. The number of hydrogen-bond donors (Lipinski definition) is 0. The third-order valence-corrected chi connectivity index (χ3v) is 3.48. The first-order valence-corrected chi connectivity index (χ1v) is 7.78. The van der Waals surface area contributed by atoms with E-state index >= 15 is 0 Å². The number of likely N-dealkylation sites (N-methyl/N-ethyl adjacent to an activating group) is 1. The predicted octanol–water partition coefficient (Wildman–Crippen LogP) is 3.63. The molecule has 0 saturated carbocycles. The largest absolute Gasteiger partial charge is 0.493 e. The summed E-state index contributed by atoms with van der Waals surface area (Å²) in [6.45, 7) is 2.95. The number of carbonyl (C=O) groups excluding carboxylic acids is 1. The minimum Gasteiger partial charge on any atom is -0.493 e. The van der Waals surface area contributed by atoms with E-state index in [-0.39, 0.29) is 5.91 Å². The molecule has 0 N–H and O–H groups in total. The molecule has 1 amide bonds. The first-order chi connectivity index (χ1) is 11.6. The Morgan fingerprint density at radius 3 is 2.79 bits per heavy atom. The minimum atomic E-state index is -0.108. The van der Waals surface area contributed by atoms with E-state index in [1.807, 2.05) is 43.3 Å². The fraction of sp³-hybridized carbons (Fsp3) is 0.200. The summed E-state index contributed by atoms with van der Waals surface area (Å²) in [6.07, 6.45) is 3.29. The van der Waals surface area contributed by atoms with E-state index in [1.54, 1.807) is 30.2 Å². The molecule has 0 bridgehead atoms. The van der Waals surface area contributed by atoms with Crippen LogP contribution in [0.25, 0.3) is 6.08 Å². The second kappa shape index (κ2) is 8.54. The topological polar surface area (TPSA) is 53.3 Å². The molecule has 0 heterocycles. The highest BCUT2D eigenvalue weighted by molar-refractivity contribution is 5.92. The van der Waals surface area contributed by atoms with Gasteiger partial charge in [0.25, 0.3) is 0 Å². The number of amides is 1. The molecule has 4 heteroatoms. The van der Waals surface area contributed by atoms with Crippen LogP contribution in [0.4, 0.5) is 0 Å². The highest BCUT2D eigenvalue weighted by Crippen LogP contribution is 2.19. The van der Waals surface area contributed by atoms with Gasteiger partial charge in [-0.25, -0.2) is 0 Å². The van der Waals surface area contributed by atoms with Crippen molar-refractivity contribution in [1.82, 2.24) is 4.90 Å². The van der Waals surface area contributed by atoms with Crippen LogP contribution in [0.1, 0.15) is 23.6 Å². The number of nitriles is 1. The second-order valence-corrected chi connectivity index (χ2v) is 5.31. The molecule has 0 unspecified atom stereocenters. The summed E-state index contributed by atoms with van der Waals surface area (Å²) in [6, 6.07) is 17.0. The molecule has 0 aliphatic carbocycles. The first-order valence-electron chi connectivity index (χ1n) is 7.78. The maximum Gasteiger partial charge on any atom is 0.246 e. The first kappa shape index (κ1) is 17.3. The van der Waals surface area contributed by atoms with E-state index in [1.165, 1.54) is 6.08 Å². The Hall–Kier alpha value is -3.06. The van der Waals surface area contributed by atoms with Gasteiger partial charge in [-0.2, -0.15) is 5.26 Å². The molecule has 0 aliphatic heterocycles. The van der Waals surface area contributed by atoms with E-state index in [2.05, 4.69) is 6.07 Å². The smallest absolute Gasteiger partial charge is 0.246 e. The van der Waals surface area contributed by atoms with Crippen LogP contribution in [-0.2, 0) is 11.3 Å². The molecule has 0 atom stereocenters. The Morgan fingerprint density at radius 1 is 1.25 bits per heavy atom. The normalized spacial score (nSPS) is 10.4. The molecule has 24 heavy (non-hydrogen) atoms. The van der Waals surface area contributed by atoms with Crippen LogP contribution < -0.4 is 4.74 Å². The van der Waals surface area contributed by atoms with Gasteiger partial charge in [-0.1, -0.05) is 30.3 Å². The van der Waals surface area contributed by atoms with E-state index in [4.69, 9.17) is 10.00 Å². The number of rotatable bonds is 6. The summed E-state index contributed by atoms with van der Waals surface area (Å²) in [7, 11) is 1.74. The van der Waals surface area contributed by atoms with Crippen LogP contribution in [0.3, 0.4) is 0 Å².